The van der Waals surface area contributed by atoms with Gasteiger partial charge in [0, 0.05) is 27.8 Å². The number of para-hydroxylation sites is 3. The fourth-order valence-corrected chi connectivity index (χ4v) is 15.6. The molecule has 0 N–H and O–H groups in total. The number of hydrogen-bond acceptors (Lipinski definition) is 1. The van der Waals surface area contributed by atoms with Crippen molar-refractivity contribution in [3.8, 4) is 61.3 Å². The third-order valence-electron chi connectivity index (χ3n) is 18.6. The molecule has 2 nitrogen and oxygen atoms in total. The lowest BCUT2D eigenvalue weighted by atomic mass is 9.65. The van der Waals surface area contributed by atoms with Crippen LogP contribution in [0.5, 0.6) is 0 Å². The monoisotopic (exact) mass is 1010 g/mol. The van der Waals surface area contributed by atoms with Crippen LogP contribution in [0.4, 0.5) is 17.1 Å². The molecule has 4 aliphatic rings. The minimum Gasteiger partial charge on any atom is -0.310 e. The number of fused-ring (bicyclic) bond motifs is 23. The molecule has 0 amide bonds. The quantitative estimate of drug-likeness (QED) is 0.167. The molecule has 0 saturated carbocycles. The molecule has 2 heterocycles. The maximum atomic E-state index is 2.53. The molecular formula is C78H48N2. The first-order chi connectivity index (χ1) is 39.7. The van der Waals surface area contributed by atoms with Gasteiger partial charge in [0.1, 0.15) is 0 Å². The van der Waals surface area contributed by atoms with Gasteiger partial charge in [-0.25, -0.2) is 0 Å². The van der Waals surface area contributed by atoms with Crippen LogP contribution in [0.2, 0.25) is 0 Å². The number of aromatic nitrogens is 1. The van der Waals surface area contributed by atoms with Crippen LogP contribution in [0, 0.1) is 0 Å². The van der Waals surface area contributed by atoms with Crippen molar-refractivity contribution in [1.29, 1.82) is 0 Å². The van der Waals surface area contributed by atoms with Gasteiger partial charge in [-0.1, -0.05) is 243 Å². The highest BCUT2D eigenvalue weighted by atomic mass is 15.1. The van der Waals surface area contributed by atoms with E-state index in [2.05, 4.69) is 301 Å². The van der Waals surface area contributed by atoms with Crippen LogP contribution >= 0.6 is 0 Å². The Hall–Kier alpha value is -10.3. The molecule has 13 aromatic carbocycles. The largest absolute Gasteiger partial charge is 0.310 e. The van der Waals surface area contributed by atoms with Crippen LogP contribution in [0.3, 0.4) is 0 Å². The van der Waals surface area contributed by atoms with Crippen molar-refractivity contribution in [2.24, 2.45) is 0 Å². The number of hydrogen-bond donors (Lipinski definition) is 0. The Bertz CT molecular complexity index is 4890. The average Bonchev–Trinajstić information content (AvgIpc) is 3.30. The third kappa shape index (κ3) is 5.52. The minimum atomic E-state index is -0.526. The van der Waals surface area contributed by atoms with E-state index in [-0.39, 0.29) is 0 Å². The molecule has 0 bridgehead atoms. The molecule has 14 aromatic rings. The van der Waals surface area contributed by atoms with Gasteiger partial charge < -0.3 is 9.47 Å². The topological polar surface area (TPSA) is 8.17 Å². The van der Waals surface area contributed by atoms with Gasteiger partial charge in [-0.3, -0.25) is 0 Å². The summed E-state index contributed by atoms with van der Waals surface area (Å²) in [6, 6.07) is 110. The van der Waals surface area contributed by atoms with Crippen molar-refractivity contribution >= 4 is 49.6 Å². The number of nitrogens with zero attached hydrogens (tertiary/aromatic N) is 2. The molecule has 1 atom stereocenters. The van der Waals surface area contributed by atoms with Crippen molar-refractivity contribution in [2.45, 2.75) is 10.8 Å². The highest BCUT2D eigenvalue weighted by Gasteiger charge is 2.53. The molecule has 1 unspecified atom stereocenters. The van der Waals surface area contributed by atoms with Gasteiger partial charge in [0.25, 0.3) is 0 Å². The van der Waals surface area contributed by atoms with Crippen LogP contribution in [-0.4, -0.2) is 4.57 Å². The van der Waals surface area contributed by atoms with Crippen LogP contribution in [0.1, 0.15) is 44.5 Å². The molecule has 18 rings (SSSR count). The van der Waals surface area contributed by atoms with Crippen molar-refractivity contribution in [3.63, 3.8) is 0 Å². The summed E-state index contributed by atoms with van der Waals surface area (Å²) in [4.78, 5) is 2.47. The molecule has 2 spiro atoms. The number of anilines is 3. The van der Waals surface area contributed by atoms with Gasteiger partial charge in [0.15, 0.2) is 0 Å². The minimum absolute atomic E-state index is 0.467. The Balaban J connectivity index is 0.828. The van der Waals surface area contributed by atoms with Gasteiger partial charge in [0.2, 0.25) is 0 Å². The predicted molar refractivity (Wildman–Crippen MR) is 331 cm³/mol. The van der Waals surface area contributed by atoms with Crippen molar-refractivity contribution in [3.05, 3.63) is 336 Å². The van der Waals surface area contributed by atoms with E-state index >= 15 is 0 Å². The van der Waals surface area contributed by atoms with Crippen LogP contribution in [0.15, 0.2) is 291 Å². The van der Waals surface area contributed by atoms with Crippen LogP contribution in [-0.2, 0) is 10.8 Å². The van der Waals surface area contributed by atoms with Crippen molar-refractivity contribution in [1.82, 2.24) is 4.57 Å². The lowest BCUT2D eigenvalue weighted by molar-refractivity contribution is 0.748. The van der Waals surface area contributed by atoms with E-state index in [0.717, 1.165) is 17.1 Å². The average molecular weight is 1010 g/mol. The van der Waals surface area contributed by atoms with E-state index in [1.54, 1.807) is 0 Å². The highest BCUT2D eigenvalue weighted by molar-refractivity contribution is 6.13. The second-order valence-corrected chi connectivity index (χ2v) is 22.2. The smallest absolute Gasteiger partial charge is 0.0754 e. The van der Waals surface area contributed by atoms with Gasteiger partial charge in [0.05, 0.1) is 27.6 Å². The second kappa shape index (κ2) is 16.1. The zero-order chi connectivity index (χ0) is 52.3. The summed E-state index contributed by atoms with van der Waals surface area (Å²) in [7, 11) is 0. The first-order valence-corrected chi connectivity index (χ1v) is 28.0. The zero-order valence-electron chi connectivity index (χ0n) is 43.6. The normalized spacial score (nSPS) is 15.2. The maximum absolute atomic E-state index is 2.53. The van der Waals surface area contributed by atoms with E-state index in [1.807, 2.05) is 0 Å². The van der Waals surface area contributed by atoms with E-state index in [4.69, 9.17) is 0 Å². The molecule has 0 fully saturated rings. The molecule has 2 heteroatoms. The summed E-state index contributed by atoms with van der Waals surface area (Å²) in [5.74, 6) is 0. The van der Waals surface area contributed by atoms with Crippen LogP contribution < -0.4 is 4.90 Å². The Kier molecular flexibility index (Phi) is 8.83. The molecule has 80 heavy (non-hydrogen) atoms. The Morgan fingerprint density at radius 3 is 1.40 bits per heavy atom. The SMILES string of the molecule is c1ccc2c(c1)-c1ccccc1C21c2ccccc2-c2ccc(N(c3ccc(-c4cccc5c4-c4ccccc4C54c5ccccc5-n5c6ccccc6c6cccc4c65)cc3)c3ccc(-c4cccc5ccccc45)cc3)cc21. The maximum Gasteiger partial charge on any atom is 0.0754 e. The Labute approximate surface area is 464 Å². The summed E-state index contributed by atoms with van der Waals surface area (Å²) in [5.41, 5.74) is 29.3. The summed E-state index contributed by atoms with van der Waals surface area (Å²) >= 11 is 0. The predicted octanol–water partition coefficient (Wildman–Crippen LogP) is 19.8. The summed E-state index contributed by atoms with van der Waals surface area (Å²) in [6.45, 7) is 0. The summed E-state index contributed by atoms with van der Waals surface area (Å²) < 4.78 is 2.53. The van der Waals surface area contributed by atoms with Gasteiger partial charge in [-0.15, -0.1) is 0 Å². The molecule has 0 radical (unpaired) electrons. The van der Waals surface area contributed by atoms with Gasteiger partial charge in [-0.2, -0.15) is 0 Å². The standard InChI is InChI=1S/C78H48N2/c1-2-20-55-49(18-1)19-15-26-56(55)50-38-42-52(43-39-50)79(54-46-47-61-60-23-5-10-31-67(60)77(72(61)48-54)65-29-8-3-21-58(65)59-22-4-9-30-66(59)77)53-44-40-51(41-45-53)57-27-16-34-70-75(57)64-25-6-11-32-68(64)78(70)69-33-12-14-37-74(69)80-73-36-13-7-24-62(73)63-28-17-35-71(78)76(63)80/h1-48H. The fourth-order valence-electron chi connectivity index (χ4n) is 15.6. The summed E-state index contributed by atoms with van der Waals surface area (Å²) in [5, 5.41) is 5.07. The van der Waals surface area contributed by atoms with Gasteiger partial charge >= 0.3 is 0 Å². The van der Waals surface area contributed by atoms with E-state index < -0.39 is 10.8 Å². The van der Waals surface area contributed by atoms with E-state index in [1.165, 1.54) is 138 Å². The van der Waals surface area contributed by atoms with E-state index in [9.17, 15) is 0 Å². The molecule has 0 saturated heterocycles. The number of rotatable bonds is 5. The third-order valence-corrected chi connectivity index (χ3v) is 18.6. The van der Waals surface area contributed by atoms with E-state index in [0.29, 0.717) is 0 Å². The molecule has 370 valence electrons. The fraction of sp³-hybridized carbons (Fsp3) is 0.0256. The van der Waals surface area contributed by atoms with Crippen molar-refractivity contribution < 1.29 is 0 Å². The molecule has 1 aromatic heterocycles. The lowest BCUT2D eigenvalue weighted by Crippen LogP contribution is -2.33. The Morgan fingerprint density at radius 2 is 0.700 bits per heavy atom. The zero-order valence-corrected chi connectivity index (χ0v) is 43.6. The molecule has 1 aliphatic heterocycles. The molecular weight excluding hydrogens is 965 g/mol. The highest BCUT2D eigenvalue weighted by Crippen LogP contribution is 2.65. The molecule has 3 aliphatic carbocycles. The van der Waals surface area contributed by atoms with Crippen molar-refractivity contribution in [2.75, 3.05) is 4.90 Å². The first-order valence-electron chi connectivity index (χ1n) is 28.0. The van der Waals surface area contributed by atoms with Gasteiger partial charge in [-0.05, 0) is 159 Å². The Morgan fingerprint density at radius 1 is 0.263 bits per heavy atom. The second-order valence-electron chi connectivity index (χ2n) is 22.2. The number of benzene rings is 13. The lowest BCUT2D eigenvalue weighted by Gasteiger charge is -2.39. The summed E-state index contributed by atoms with van der Waals surface area (Å²) in [6.07, 6.45) is 0. The first kappa shape index (κ1) is 43.8. The van der Waals surface area contributed by atoms with Crippen LogP contribution in [0.25, 0.3) is 93.9 Å².